The summed E-state index contributed by atoms with van der Waals surface area (Å²) in [7, 11) is 0. The van der Waals surface area contributed by atoms with E-state index < -0.39 is 0 Å². The summed E-state index contributed by atoms with van der Waals surface area (Å²) in [6.45, 7) is 0. The van der Waals surface area contributed by atoms with Crippen LogP contribution in [0.2, 0.25) is 5.02 Å². The normalized spacial score (nSPS) is 9.85. The van der Waals surface area contributed by atoms with Crippen LogP contribution in [0.3, 0.4) is 0 Å². The molecule has 2 aromatic rings. The van der Waals surface area contributed by atoms with E-state index in [-0.39, 0.29) is 0 Å². The summed E-state index contributed by atoms with van der Waals surface area (Å²) >= 11 is 6.06. The molecule has 0 atom stereocenters. The molecule has 1 radical (unpaired) electrons. The lowest BCUT2D eigenvalue weighted by atomic mass is 10.1. The molecule has 0 aromatic heterocycles. The smallest absolute Gasteiger partial charge is 0.0641 e. The minimum absolute atomic E-state index is 0.605. The summed E-state index contributed by atoms with van der Waals surface area (Å²) in [5, 5.41) is 2.67. The van der Waals surface area contributed by atoms with E-state index in [9.17, 15) is 0 Å². The molecule has 0 saturated carbocycles. The predicted octanol–water partition coefficient (Wildman–Crippen LogP) is 3.43. The molecule has 0 N–H and O–H groups in total. The molecule has 0 nitrogen and oxygen atoms in total. The Bertz CT molecular complexity index is 492. The van der Waals surface area contributed by atoms with E-state index in [1.165, 1.54) is 0 Å². The highest BCUT2D eigenvalue weighted by molar-refractivity contribution is 6.36. The van der Waals surface area contributed by atoms with Crippen LogP contribution in [0.4, 0.5) is 0 Å². The highest BCUT2D eigenvalue weighted by atomic mass is 35.5. The number of rotatable bonds is 0. The molecule has 0 fully saturated rings. The van der Waals surface area contributed by atoms with E-state index in [2.05, 4.69) is 5.92 Å². The Hall–Kier alpha value is -1.45. The Kier molecular flexibility index (Phi) is 1.96. The SMILES string of the molecule is [C]#Cc1ccc2ccccc2c1Cl. The van der Waals surface area contributed by atoms with Gasteiger partial charge in [0.1, 0.15) is 0 Å². The lowest BCUT2D eigenvalue weighted by Gasteiger charge is -2.01. The molecule has 0 amide bonds. The van der Waals surface area contributed by atoms with Crippen LogP contribution in [0.5, 0.6) is 0 Å². The fraction of sp³-hybridized carbons (Fsp3) is 0. The fourth-order valence-corrected chi connectivity index (χ4v) is 1.61. The van der Waals surface area contributed by atoms with Crippen molar-refractivity contribution in [1.82, 2.24) is 0 Å². The van der Waals surface area contributed by atoms with Crippen molar-refractivity contribution in [2.75, 3.05) is 0 Å². The molecular formula is C12H6Cl. The highest BCUT2D eigenvalue weighted by Crippen LogP contribution is 2.26. The third-order valence-corrected chi connectivity index (χ3v) is 2.41. The quantitative estimate of drug-likeness (QED) is 0.552. The van der Waals surface area contributed by atoms with Gasteiger partial charge in [0, 0.05) is 10.9 Å². The molecule has 0 saturated heterocycles. The topological polar surface area (TPSA) is 0 Å². The zero-order valence-corrected chi connectivity index (χ0v) is 7.60. The van der Waals surface area contributed by atoms with Gasteiger partial charge >= 0.3 is 0 Å². The third kappa shape index (κ3) is 1.28. The zero-order valence-electron chi connectivity index (χ0n) is 6.84. The number of benzene rings is 2. The average Bonchev–Trinajstić information content (AvgIpc) is 2.19. The molecule has 0 spiro atoms. The van der Waals surface area contributed by atoms with E-state index in [0.717, 1.165) is 10.8 Å². The first-order valence-corrected chi connectivity index (χ1v) is 4.30. The van der Waals surface area contributed by atoms with Crippen LogP contribution in [0, 0.1) is 12.3 Å². The fourth-order valence-electron chi connectivity index (χ4n) is 1.33. The van der Waals surface area contributed by atoms with Gasteiger partial charge in [-0.3, -0.25) is 0 Å². The van der Waals surface area contributed by atoms with Gasteiger partial charge in [-0.25, -0.2) is 0 Å². The molecule has 0 bridgehead atoms. The van der Waals surface area contributed by atoms with Gasteiger partial charge in [0.15, 0.2) is 0 Å². The second-order valence-corrected chi connectivity index (χ2v) is 3.15. The van der Waals surface area contributed by atoms with Gasteiger partial charge in [-0.05, 0) is 17.9 Å². The van der Waals surface area contributed by atoms with Crippen LogP contribution < -0.4 is 0 Å². The van der Waals surface area contributed by atoms with E-state index in [0.29, 0.717) is 10.6 Å². The zero-order chi connectivity index (χ0) is 9.26. The average molecular weight is 186 g/mol. The van der Waals surface area contributed by atoms with Crippen LogP contribution in [0.15, 0.2) is 36.4 Å². The number of halogens is 1. The third-order valence-electron chi connectivity index (χ3n) is 2.00. The molecule has 61 valence electrons. The molecule has 0 heterocycles. The van der Waals surface area contributed by atoms with Gasteiger partial charge in [-0.2, -0.15) is 0 Å². The molecular weight excluding hydrogens is 180 g/mol. The van der Waals surface area contributed by atoms with Crippen LogP contribution in [-0.4, -0.2) is 0 Å². The molecule has 0 aliphatic heterocycles. The van der Waals surface area contributed by atoms with Gasteiger partial charge in [0.25, 0.3) is 0 Å². The Morgan fingerprint density at radius 1 is 1.08 bits per heavy atom. The molecule has 0 aliphatic rings. The molecule has 0 unspecified atom stereocenters. The van der Waals surface area contributed by atoms with Crippen molar-refractivity contribution in [3.63, 3.8) is 0 Å². The van der Waals surface area contributed by atoms with Crippen molar-refractivity contribution in [3.8, 4) is 5.92 Å². The van der Waals surface area contributed by atoms with Crippen molar-refractivity contribution < 1.29 is 0 Å². The lowest BCUT2D eigenvalue weighted by Crippen LogP contribution is -1.79. The summed E-state index contributed by atoms with van der Waals surface area (Å²) in [4.78, 5) is 0. The van der Waals surface area contributed by atoms with Gasteiger partial charge in [-0.1, -0.05) is 47.9 Å². The molecule has 2 aromatic carbocycles. The van der Waals surface area contributed by atoms with E-state index >= 15 is 0 Å². The molecule has 2 rings (SSSR count). The van der Waals surface area contributed by atoms with Crippen molar-refractivity contribution >= 4 is 22.4 Å². The Labute approximate surface area is 82.1 Å². The van der Waals surface area contributed by atoms with Gasteiger partial charge < -0.3 is 0 Å². The maximum absolute atomic E-state index is 7.03. The lowest BCUT2D eigenvalue weighted by molar-refractivity contribution is 1.69. The second-order valence-electron chi connectivity index (χ2n) is 2.77. The minimum atomic E-state index is 0.605. The maximum atomic E-state index is 7.03. The summed E-state index contributed by atoms with van der Waals surface area (Å²) in [6.07, 6.45) is 7.03. The number of hydrogen-bond donors (Lipinski definition) is 0. The van der Waals surface area contributed by atoms with Crippen LogP contribution in [0.25, 0.3) is 10.8 Å². The summed E-state index contributed by atoms with van der Waals surface area (Å²) in [5.41, 5.74) is 0.639. The molecule has 1 heteroatoms. The van der Waals surface area contributed by atoms with Gasteiger partial charge in [0.05, 0.1) is 5.02 Å². The monoisotopic (exact) mass is 185 g/mol. The van der Waals surface area contributed by atoms with Gasteiger partial charge in [0.2, 0.25) is 0 Å². The summed E-state index contributed by atoms with van der Waals surface area (Å²) < 4.78 is 0. The van der Waals surface area contributed by atoms with E-state index in [4.69, 9.17) is 18.0 Å². The first-order chi connectivity index (χ1) is 6.33. The maximum Gasteiger partial charge on any atom is 0.0641 e. The predicted molar refractivity (Wildman–Crippen MR) is 55.2 cm³/mol. The second kappa shape index (κ2) is 3.12. The van der Waals surface area contributed by atoms with Gasteiger partial charge in [-0.15, -0.1) is 0 Å². The Balaban J connectivity index is 2.89. The molecule has 13 heavy (non-hydrogen) atoms. The van der Waals surface area contributed by atoms with Crippen molar-refractivity contribution in [1.29, 1.82) is 0 Å². The van der Waals surface area contributed by atoms with Crippen LogP contribution in [-0.2, 0) is 0 Å². The van der Waals surface area contributed by atoms with Crippen molar-refractivity contribution in [3.05, 3.63) is 53.4 Å². The standard InChI is InChI=1S/C12H6Cl/c1-2-9-7-8-10-5-3-4-6-11(10)12(9)13/h3-8H. The first-order valence-electron chi connectivity index (χ1n) is 3.93. The Morgan fingerprint density at radius 2 is 1.85 bits per heavy atom. The first kappa shape index (κ1) is 8.16. The van der Waals surface area contributed by atoms with E-state index in [1.54, 1.807) is 6.07 Å². The van der Waals surface area contributed by atoms with Crippen molar-refractivity contribution in [2.45, 2.75) is 0 Å². The molecule has 0 aliphatic carbocycles. The van der Waals surface area contributed by atoms with Crippen molar-refractivity contribution in [2.24, 2.45) is 0 Å². The van der Waals surface area contributed by atoms with Crippen LogP contribution >= 0.6 is 11.6 Å². The van der Waals surface area contributed by atoms with E-state index in [1.807, 2.05) is 30.3 Å². The largest absolute Gasteiger partial charge is 0.0823 e. The Morgan fingerprint density at radius 3 is 2.62 bits per heavy atom. The number of fused-ring (bicyclic) bond motifs is 1. The minimum Gasteiger partial charge on any atom is -0.0823 e. The number of hydrogen-bond acceptors (Lipinski definition) is 0. The summed E-state index contributed by atoms with van der Waals surface area (Å²) in [5.74, 6) is 2.31. The summed E-state index contributed by atoms with van der Waals surface area (Å²) in [6, 6.07) is 11.6. The van der Waals surface area contributed by atoms with Crippen LogP contribution in [0.1, 0.15) is 5.56 Å². The highest BCUT2D eigenvalue weighted by Gasteiger charge is 2.01.